The Labute approximate surface area is 87.3 Å². The first-order valence-electron chi connectivity index (χ1n) is 5.03. The first-order valence-corrected chi connectivity index (χ1v) is 5.03. The van der Waals surface area contributed by atoms with Crippen molar-refractivity contribution in [2.45, 2.75) is 53.6 Å². The molecule has 0 unspecified atom stereocenters. The van der Waals surface area contributed by atoms with Gasteiger partial charge in [0.1, 0.15) is 5.60 Å². The number of rotatable bonds is 3. The van der Waals surface area contributed by atoms with Gasteiger partial charge >= 0.3 is 5.97 Å². The van der Waals surface area contributed by atoms with Crippen LogP contribution in [0.4, 0.5) is 0 Å². The van der Waals surface area contributed by atoms with Crippen LogP contribution >= 0.6 is 0 Å². The second-order valence-electron chi connectivity index (χ2n) is 5.11. The van der Waals surface area contributed by atoms with Gasteiger partial charge in [0.15, 0.2) is 0 Å². The van der Waals surface area contributed by atoms with Gasteiger partial charge in [0.25, 0.3) is 0 Å². The first kappa shape index (κ1) is 13.2. The number of carbonyl (C=O) groups excluding carboxylic acids is 1. The van der Waals surface area contributed by atoms with Crippen LogP contribution in [0.1, 0.15) is 48.0 Å². The molecule has 0 radical (unpaired) electrons. The lowest BCUT2D eigenvalue weighted by atomic mass is 9.79. The highest BCUT2D eigenvalue weighted by Gasteiger charge is 2.36. The minimum atomic E-state index is -0.470. The molecule has 0 bridgehead atoms. The molecule has 0 aliphatic heterocycles. The monoisotopic (exact) mass is 198 g/mol. The van der Waals surface area contributed by atoms with Crippen LogP contribution in [0, 0.1) is 5.41 Å². The summed E-state index contributed by atoms with van der Waals surface area (Å²) >= 11 is 0. The molecule has 0 fully saturated rings. The van der Waals surface area contributed by atoms with Gasteiger partial charge in [-0.15, -0.1) is 0 Å². The Morgan fingerprint density at radius 1 is 1.21 bits per heavy atom. The third-order valence-electron chi connectivity index (χ3n) is 2.87. The van der Waals surface area contributed by atoms with Crippen molar-refractivity contribution < 1.29 is 9.53 Å². The molecule has 0 aromatic rings. The van der Waals surface area contributed by atoms with Gasteiger partial charge in [0.2, 0.25) is 0 Å². The number of hydrogen-bond acceptors (Lipinski definition) is 2. The van der Waals surface area contributed by atoms with Gasteiger partial charge in [-0.2, -0.15) is 0 Å². The van der Waals surface area contributed by atoms with Crippen LogP contribution in [0.25, 0.3) is 0 Å². The molecule has 0 saturated carbocycles. The normalized spacial score (nSPS) is 12.4. The topological polar surface area (TPSA) is 26.3 Å². The molecule has 0 aromatic carbocycles. The van der Waals surface area contributed by atoms with Crippen LogP contribution in [0.5, 0.6) is 0 Å². The first-order chi connectivity index (χ1) is 6.12. The molecular formula is C12H22O2. The SMILES string of the molecule is C=C(CC)C(=O)OC(C)(C)C(C)(C)C. The quantitative estimate of drug-likeness (QED) is 0.513. The van der Waals surface area contributed by atoms with Crippen LogP contribution in [0.15, 0.2) is 12.2 Å². The van der Waals surface area contributed by atoms with Crippen LogP contribution in [-0.4, -0.2) is 11.6 Å². The molecule has 0 rings (SSSR count). The van der Waals surface area contributed by atoms with Crippen molar-refractivity contribution in [2.75, 3.05) is 0 Å². The van der Waals surface area contributed by atoms with E-state index >= 15 is 0 Å². The summed E-state index contributed by atoms with van der Waals surface area (Å²) in [5, 5.41) is 0. The summed E-state index contributed by atoms with van der Waals surface area (Å²) in [4.78, 5) is 11.5. The smallest absolute Gasteiger partial charge is 0.333 e. The lowest BCUT2D eigenvalue weighted by Crippen LogP contribution is -2.41. The van der Waals surface area contributed by atoms with Crippen LogP contribution in [0.2, 0.25) is 0 Å². The summed E-state index contributed by atoms with van der Waals surface area (Å²) in [5.41, 5.74) is -0.0129. The Bertz CT molecular complexity index is 231. The fourth-order valence-electron chi connectivity index (χ4n) is 0.601. The summed E-state index contributed by atoms with van der Waals surface area (Å²) in [5.74, 6) is -0.285. The van der Waals surface area contributed by atoms with Crippen molar-refractivity contribution in [3.8, 4) is 0 Å². The predicted octanol–water partition coefficient (Wildman–Crippen LogP) is 3.32. The molecule has 2 heteroatoms. The minimum Gasteiger partial charge on any atom is -0.456 e. The predicted molar refractivity (Wildman–Crippen MR) is 59.1 cm³/mol. The molecule has 0 N–H and O–H groups in total. The highest BCUT2D eigenvalue weighted by molar-refractivity contribution is 5.87. The summed E-state index contributed by atoms with van der Waals surface area (Å²) in [6, 6.07) is 0. The highest BCUT2D eigenvalue weighted by Crippen LogP contribution is 2.33. The summed E-state index contributed by atoms with van der Waals surface area (Å²) in [6.45, 7) is 15.6. The molecule has 0 spiro atoms. The second-order valence-corrected chi connectivity index (χ2v) is 5.11. The van der Waals surface area contributed by atoms with E-state index in [1.807, 2.05) is 20.8 Å². The van der Waals surface area contributed by atoms with Gasteiger partial charge in [0, 0.05) is 11.0 Å². The number of hydrogen-bond donors (Lipinski definition) is 0. The molecule has 0 aliphatic rings. The number of esters is 1. The Balaban J connectivity index is 4.53. The fourth-order valence-corrected chi connectivity index (χ4v) is 0.601. The van der Waals surface area contributed by atoms with Crippen molar-refractivity contribution in [2.24, 2.45) is 5.41 Å². The Kier molecular flexibility index (Phi) is 3.92. The van der Waals surface area contributed by atoms with Crippen molar-refractivity contribution in [3.63, 3.8) is 0 Å². The molecule has 0 saturated heterocycles. The zero-order valence-electron chi connectivity index (χ0n) is 10.2. The lowest BCUT2D eigenvalue weighted by Gasteiger charge is -2.38. The summed E-state index contributed by atoms with van der Waals surface area (Å²) < 4.78 is 5.42. The van der Waals surface area contributed by atoms with Crippen LogP contribution in [-0.2, 0) is 9.53 Å². The maximum Gasteiger partial charge on any atom is 0.333 e. The highest BCUT2D eigenvalue weighted by atomic mass is 16.6. The van der Waals surface area contributed by atoms with Crippen LogP contribution in [0.3, 0.4) is 0 Å². The summed E-state index contributed by atoms with van der Waals surface area (Å²) in [6.07, 6.45) is 0.638. The zero-order chi connectivity index (χ0) is 11.6. The molecule has 0 atom stereocenters. The molecule has 0 amide bonds. The average molecular weight is 198 g/mol. The third kappa shape index (κ3) is 3.17. The maximum absolute atomic E-state index is 11.5. The van der Waals surface area contributed by atoms with E-state index in [1.54, 1.807) is 0 Å². The fraction of sp³-hybridized carbons (Fsp3) is 0.750. The molecule has 0 aromatic heterocycles. The van der Waals surface area contributed by atoms with E-state index in [1.165, 1.54) is 0 Å². The van der Waals surface area contributed by atoms with Crippen molar-refractivity contribution >= 4 is 5.97 Å². The molecule has 82 valence electrons. The summed E-state index contributed by atoms with van der Waals surface area (Å²) in [7, 11) is 0. The molecule has 0 aliphatic carbocycles. The van der Waals surface area contributed by atoms with Gasteiger partial charge in [-0.1, -0.05) is 34.3 Å². The number of carbonyl (C=O) groups is 1. The zero-order valence-corrected chi connectivity index (χ0v) is 10.2. The van der Waals surface area contributed by atoms with E-state index in [0.29, 0.717) is 12.0 Å². The Hall–Kier alpha value is -0.790. The van der Waals surface area contributed by atoms with Gasteiger partial charge in [-0.3, -0.25) is 0 Å². The number of ether oxygens (including phenoxy) is 1. The van der Waals surface area contributed by atoms with E-state index in [9.17, 15) is 4.79 Å². The van der Waals surface area contributed by atoms with E-state index in [2.05, 4.69) is 27.4 Å². The van der Waals surface area contributed by atoms with E-state index in [4.69, 9.17) is 4.74 Å². The van der Waals surface area contributed by atoms with Crippen molar-refractivity contribution in [3.05, 3.63) is 12.2 Å². The molecule has 14 heavy (non-hydrogen) atoms. The maximum atomic E-state index is 11.5. The molecular weight excluding hydrogens is 176 g/mol. The van der Waals surface area contributed by atoms with Gasteiger partial charge < -0.3 is 4.74 Å². The van der Waals surface area contributed by atoms with Crippen LogP contribution < -0.4 is 0 Å². The van der Waals surface area contributed by atoms with E-state index in [-0.39, 0.29) is 11.4 Å². The Morgan fingerprint density at radius 2 is 1.64 bits per heavy atom. The largest absolute Gasteiger partial charge is 0.456 e. The van der Waals surface area contributed by atoms with Crippen molar-refractivity contribution in [1.82, 2.24) is 0 Å². The van der Waals surface area contributed by atoms with Crippen molar-refractivity contribution in [1.29, 1.82) is 0 Å². The molecule has 0 heterocycles. The van der Waals surface area contributed by atoms with Gasteiger partial charge in [0.05, 0.1) is 0 Å². The third-order valence-corrected chi connectivity index (χ3v) is 2.87. The van der Waals surface area contributed by atoms with E-state index < -0.39 is 5.60 Å². The minimum absolute atomic E-state index is 0.0727. The molecule has 2 nitrogen and oxygen atoms in total. The lowest BCUT2D eigenvalue weighted by molar-refractivity contribution is -0.162. The Morgan fingerprint density at radius 3 is 1.93 bits per heavy atom. The van der Waals surface area contributed by atoms with Gasteiger partial charge in [-0.25, -0.2) is 4.79 Å². The average Bonchev–Trinajstić information content (AvgIpc) is 2.00. The van der Waals surface area contributed by atoms with Gasteiger partial charge in [-0.05, 0) is 20.3 Å². The second kappa shape index (κ2) is 4.16. The standard InChI is InChI=1S/C12H22O2/c1-8-9(2)10(13)14-12(6,7)11(3,4)5/h2,8H2,1,3-7H3. The van der Waals surface area contributed by atoms with E-state index in [0.717, 1.165) is 0 Å².